The van der Waals surface area contributed by atoms with Crippen LogP contribution in [0.15, 0.2) is 6.20 Å². The lowest BCUT2D eigenvalue weighted by atomic mass is 10.2. The van der Waals surface area contributed by atoms with Crippen LogP contribution in [0.25, 0.3) is 0 Å². The van der Waals surface area contributed by atoms with E-state index >= 15 is 0 Å². The van der Waals surface area contributed by atoms with E-state index in [0.717, 1.165) is 0 Å². The number of aryl methyl sites for hydroxylation is 1. The second-order valence-electron chi connectivity index (χ2n) is 3.18. The molecule has 0 amide bonds. The van der Waals surface area contributed by atoms with Crippen molar-refractivity contribution in [2.75, 3.05) is 14.2 Å². The summed E-state index contributed by atoms with van der Waals surface area (Å²) in [5, 5.41) is 6.07. The molecule has 0 aromatic carbocycles. The highest BCUT2D eigenvalue weighted by Crippen LogP contribution is 2.36. The highest BCUT2D eigenvalue weighted by Gasteiger charge is 2.43. The topological polar surface area (TPSA) is 39.1 Å². The minimum Gasteiger partial charge on any atom is -0.493 e. The molecule has 16 heavy (non-hydrogen) atoms. The van der Waals surface area contributed by atoms with Crippen LogP contribution >= 0.6 is 0 Å². The molecule has 0 saturated heterocycles. The van der Waals surface area contributed by atoms with Crippen molar-refractivity contribution in [3.05, 3.63) is 11.9 Å². The van der Waals surface area contributed by atoms with Gasteiger partial charge in [0.2, 0.25) is 0 Å². The van der Waals surface area contributed by atoms with Gasteiger partial charge >= 0.3 is 6.18 Å². The largest absolute Gasteiger partial charge is 0.493 e. The number of ether oxygens (including phenoxy) is 1. The molecule has 1 aromatic heterocycles. The number of nitrogens with one attached hydrogen (secondary N) is 1. The average molecular weight is 237 g/mol. The molecule has 1 rings (SSSR count). The molecule has 0 aliphatic rings. The zero-order valence-corrected chi connectivity index (χ0v) is 9.30. The third-order valence-electron chi connectivity index (χ3n) is 2.25. The first-order chi connectivity index (χ1) is 7.45. The molecule has 4 nitrogen and oxygen atoms in total. The van der Waals surface area contributed by atoms with E-state index in [0.29, 0.717) is 6.54 Å². The lowest BCUT2D eigenvalue weighted by Gasteiger charge is -2.21. The molecule has 0 bridgehead atoms. The highest BCUT2D eigenvalue weighted by molar-refractivity contribution is 5.29. The molecule has 7 heteroatoms. The fraction of sp³-hybridized carbons (Fsp3) is 0.667. The third kappa shape index (κ3) is 2.29. The number of rotatable bonds is 4. The van der Waals surface area contributed by atoms with E-state index in [2.05, 4.69) is 10.4 Å². The van der Waals surface area contributed by atoms with Crippen LogP contribution in [-0.2, 0) is 6.54 Å². The first kappa shape index (κ1) is 12.8. The van der Waals surface area contributed by atoms with Crippen LogP contribution in [0.5, 0.6) is 5.75 Å². The molecule has 0 spiro atoms. The van der Waals surface area contributed by atoms with Gasteiger partial charge in [0.1, 0.15) is 11.7 Å². The van der Waals surface area contributed by atoms with E-state index in [-0.39, 0.29) is 11.4 Å². The molecule has 92 valence electrons. The number of nitrogens with zero attached hydrogens (tertiary/aromatic N) is 2. The summed E-state index contributed by atoms with van der Waals surface area (Å²) in [5.41, 5.74) is 0.000000000000000222. The van der Waals surface area contributed by atoms with Gasteiger partial charge in [-0.2, -0.15) is 18.3 Å². The molecule has 0 fully saturated rings. The molecule has 1 N–H and O–H groups in total. The molecule has 0 aliphatic carbocycles. The maximum Gasteiger partial charge on any atom is 0.409 e. The molecular weight excluding hydrogens is 223 g/mol. The van der Waals surface area contributed by atoms with Gasteiger partial charge in [-0.1, -0.05) is 0 Å². The van der Waals surface area contributed by atoms with Crippen molar-refractivity contribution in [3.8, 4) is 5.75 Å². The fourth-order valence-corrected chi connectivity index (χ4v) is 1.53. The van der Waals surface area contributed by atoms with E-state index in [4.69, 9.17) is 4.74 Å². The Labute approximate surface area is 91.4 Å². The van der Waals surface area contributed by atoms with E-state index in [1.54, 1.807) is 6.92 Å². The summed E-state index contributed by atoms with van der Waals surface area (Å²) >= 11 is 0. The number of methoxy groups -OCH3 is 1. The van der Waals surface area contributed by atoms with Gasteiger partial charge < -0.3 is 10.1 Å². The van der Waals surface area contributed by atoms with Crippen LogP contribution in [0, 0.1) is 0 Å². The Kier molecular flexibility index (Phi) is 3.79. The SMILES string of the molecule is CCn1ncc(OC)c1C(NC)C(F)(F)F. The average Bonchev–Trinajstić information content (AvgIpc) is 2.60. The Morgan fingerprint density at radius 1 is 1.56 bits per heavy atom. The summed E-state index contributed by atoms with van der Waals surface area (Å²) in [5.74, 6) is 0.138. The standard InChI is InChI=1S/C9H14F3N3O/c1-4-15-7(6(16-3)5-14-15)8(13-2)9(10,11)12/h5,8,13H,4H2,1-3H3. The lowest BCUT2D eigenvalue weighted by Crippen LogP contribution is -2.33. The Morgan fingerprint density at radius 3 is 2.56 bits per heavy atom. The summed E-state index contributed by atoms with van der Waals surface area (Å²) < 4.78 is 44.4. The van der Waals surface area contributed by atoms with Crippen molar-refractivity contribution in [3.63, 3.8) is 0 Å². The van der Waals surface area contributed by atoms with Gasteiger partial charge in [0.25, 0.3) is 0 Å². The number of alkyl halides is 3. The molecule has 1 heterocycles. The quantitative estimate of drug-likeness (QED) is 0.866. The second-order valence-corrected chi connectivity index (χ2v) is 3.18. The summed E-state index contributed by atoms with van der Waals surface area (Å²) in [4.78, 5) is 0. The number of aromatic nitrogens is 2. The zero-order valence-electron chi connectivity index (χ0n) is 9.30. The van der Waals surface area contributed by atoms with Crippen molar-refractivity contribution in [2.45, 2.75) is 25.7 Å². The van der Waals surface area contributed by atoms with Gasteiger partial charge in [0.05, 0.1) is 13.3 Å². The van der Waals surface area contributed by atoms with Gasteiger partial charge in [-0.15, -0.1) is 0 Å². The van der Waals surface area contributed by atoms with Crippen molar-refractivity contribution >= 4 is 0 Å². The van der Waals surface area contributed by atoms with Gasteiger partial charge in [-0.25, -0.2) is 0 Å². The fourth-order valence-electron chi connectivity index (χ4n) is 1.53. The minimum absolute atomic E-state index is 0.000000000000000222. The molecule has 1 atom stereocenters. The van der Waals surface area contributed by atoms with Gasteiger partial charge in [0.15, 0.2) is 5.75 Å². The summed E-state index contributed by atoms with van der Waals surface area (Å²) in [6.45, 7) is 2.08. The predicted molar refractivity (Wildman–Crippen MR) is 52.3 cm³/mol. The van der Waals surface area contributed by atoms with Gasteiger partial charge in [-0.3, -0.25) is 4.68 Å². The lowest BCUT2D eigenvalue weighted by molar-refractivity contribution is -0.158. The molecule has 1 aromatic rings. The van der Waals surface area contributed by atoms with Crippen LogP contribution in [0.1, 0.15) is 18.7 Å². The van der Waals surface area contributed by atoms with Gasteiger partial charge in [-0.05, 0) is 14.0 Å². The Bertz CT molecular complexity index is 327. The normalized spacial score (nSPS) is 13.9. The van der Waals surface area contributed by atoms with Crippen LogP contribution in [0.3, 0.4) is 0 Å². The number of halogens is 3. The summed E-state index contributed by atoms with van der Waals surface area (Å²) in [7, 11) is 2.58. The molecule has 1 unspecified atom stereocenters. The zero-order chi connectivity index (χ0) is 12.3. The first-order valence-corrected chi connectivity index (χ1v) is 4.79. The smallest absolute Gasteiger partial charge is 0.409 e. The van der Waals surface area contributed by atoms with Gasteiger partial charge in [0, 0.05) is 6.54 Å². The maximum atomic E-state index is 12.8. The summed E-state index contributed by atoms with van der Waals surface area (Å²) in [6, 6.07) is -1.77. The maximum absolute atomic E-state index is 12.8. The Hall–Kier alpha value is -1.24. The van der Waals surface area contributed by atoms with Crippen molar-refractivity contribution in [1.29, 1.82) is 0 Å². The van der Waals surface area contributed by atoms with E-state index in [1.807, 2.05) is 0 Å². The number of hydrogen-bond donors (Lipinski definition) is 1. The predicted octanol–water partition coefficient (Wildman–Crippen LogP) is 1.73. The minimum atomic E-state index is -4.38. The van der Waals surface area contributed by atoms with E-state index in [1.165, 1.54) is 25.0 Å². The highest BCUT2D eigenvalue weighted by atomic mass is 19.4. The summed E-state index contributed by atoms with van der Waals surface area (Å²) in [6.07, 6.45) is -3.09. The Morgan fingerprint density at radius 2 is 2.19 bits per heavy atom. The first-order valence-electron chi connectivity index (χ1n) is 4.79. The van der Waals surface area contributed by atoms with Crippen molar-refractivity contribution < 1.29 is 17.9 Å². The van der Waals surface area contributed by atoms with Crippen LogP contribution in [-0.4, -0.2) is 30.1 Å². The second kappa shape index (κ2) is 4.73. The van der Waals surface area contributed by atoms with E-state index < -0.39 is 12.2 Å². The van der Waals surface area contributed by atoms with Crippen molar-refractivity contribution in [2.24, 2.45) is 0 Å². The Balaban J connectivity index is 3.21. The van der Waals surface area contributed by atoms with Crippen LogP contribution in [0.2, 0.25) is 0 Å². The van der Waals surface area contributed by atoms with Crippen LogP contribution < -0.4 is 10.1 Å². The molecule has 0 radical (unpaired) electrons. The third-order valence-corrected chi connectivity index (χ3v) is 2.25. The monoisotopic (exact) mass is 237 g/mol. The molecule has 0 saturated carbocycles. The number of hydrogen-bond acceptors (Lipinski definition) is 3. The molecular formula is C9H14F3N3O. The van der Waals surface area contributed by atoms with Crippen LogP contribution in [0.4, 0.5) is 13.2 Å². The van der Waals surface area contributed by atoms with Crippen molar-refractivity contribution in [1.82, 2.24) is 15.1 Å². The van der Waals surface area contributed by atoms with E-state index in [9.17, 15) is 13.2 Å². The molecule has 0 aliphatic heterocycles.